The van der Waals surface area contributed by atoms with Crippen molar-refractivity contribution in [2.24, 2.45) is 5.41 Å². The lowest BCUT2D eigenvalue weighted by Crippen LogP contribution is -2.54. The molecule has 2 saturated heterocycles. The summed E-state index contributed by atoms with van der Waals surface area (Å²) in [5.74, 6) is -0.656. The quantitative estimate of drug-likeness (QED) is 0.825. The minimum Gasteiger partial charge on any atom is -0.481 e. The molecule has 0 saturated carbocycles. The highest BCUT2D eigenvalue weighted by Crippen LogP contribution is 2.34. The number of rotatable bonds is 3. The third-order valence-electron chi connectivity index (χ3n) is 4.88. The van der Waals surface area contributed by atoms with Crippen LogP contribution in [0.3, 0.4) is 0 Å². The summed E-state index contributed by atoms with van der Waals surface area (Å²) in [7, 11) is 0. The molecular formula is C15H26N2O3. The van der Waals surface area contributed by atoms with E-state index >= 15 is 0 Å². The first kappa shape index (κ1) is 15.3. The average Bonchev–Trinajstić information content (AvgIpc) is 2.75. The summed E-state index contributed by atoms with van der Waals surface area (Å²) in [5.41, 5.74) is -0.737. The number of hydrogen-bond acceptors (Lipinski definition) is 3. The van der Waals surface area contributed by atoms with Crippen molar-refractivity contribution in [3.63, 3.8) is 0 Å². The fraction of sp³-hybridized carbons (Fsp3) is 0.867. The molecule has 2 aliphatic heterocycles. The second-order valence-electron chi connectivity index (χ2n) is 6.16. The minimum atomic E-state index is -0.758. The van der Waals surface area contributed by atoms with Gasteiger partial charge in [-0.3, -0.25) is 9.59 Å². The van der Waals surface area contributed by atoms with Crippen LogP contribution in [0.2, 0.25) is 0 Å². The van der Waals surface area contributed by atoms with Gasteiger partial charge in [-0.15, -0.1) is 0 Å². The summed E-state index contributed by atoms with van der Waals surface area (Å²) in [4.78, 5) is 25.9. The summed E-state index contributed by atoms with van der Waals surface area (Å²) in [6, 6.07) is -0.112. The van der Waals surface area contributed by atoms with E-state index in [-0.39, 0.29) is 11.9 Å². The summed E-state index contributed by atoms with van der Waals surface area (Å²) >= 11 is 0. The highest BCUT2D eigenvalue weighted by molar-refractivity contribution is 5.83. The van der Waals surface area contributed by atoms with Crippen LogP contribution in [0.1, 0.15) is 51.9 Å². The molecule has 5 nitrogen and oxygen atoms in total. The van der Waals surface area contributed by atoms with Crippen LogP contribution in [0.15, 0.2) is 0 Å². The zero-order valence-corrected chi connectivity index (χ0v) is 12.4. The van der Waals surface area contributed by atoms with E-state index in [4.69, 9.17) is 0 Å². The zero-order valence-electron chi connectivity index (χ0n) is 12.4. The third-order valence-corrected chi connectivity index (χ3v) is 4.88. The fourth-order valence-electron chi connectivity index (χ4n) is 3.39. The number of amides is 1. The van der Waals surface area contributed by atoms with Gasteiger partial charge in [-0.25, -0.2) is 0 Å². The van der Waals surface area contributed by atoms with Gasteiger partial charge in [0.05, 0.1) is 11.5 Å². The molecule has 0 radical (unpaired) electrons. The number of carbonyl (C=O) groups is 2. The number of carbonyl (C=O) groups excluding carboxylic acids is 1. The Morgan fingerprint density at radius 1 is 1.30 bits per heavy atom. The Hall–Kier alpha value is -1.10. The van der Waals surface area contributed by atoms with E-state index < -0.39 is 11.4 Å². The van der Waals surface area contributed by atoms with Crippen LogP contribution < -0.4 is 5.32 Å². The summed E-state index contributed by atoms with van der Waals surface area (Å²) in [5, 5.41) is 12.8. The molecule has 2 unspecified atom stereocenters. The van der Waals surface area contributed by atoms with E-state index in [0.29, 0.717) is 25.9 Å². The van der Waals surface area contributed by atoms with Crippen LogP contribution in [0.4, 0.5) is 0 Å². The first-order valence-corrected chi connectivity index (χ1v) is 7.84. The highest BCUT2D eigenvalue weighted by atomic mass is 16.4. The zero-order chi connectivity index (χ0) is 14.6. The predicted molar refractivity (Wildman–Crippen MR) is 76.4 cm³/mol. The maximum Gasteiger partial charge on any atom is 0.311 e. The van der Waals surface area contributed by atoms with Gasteiger partial charge in [-0.05, 0) is 38.6 Å². The standard InChI is InChI=1S/C15H26N2O3/c1-2-15(14(19)20)8-6-10-17(11-15)13(18)12-7-4-3-5-9-16-12/h12,16H,2-11H2,1H3,(H,19,20). The second-order valence-corrected chi connectivity index (χ2v) is 6.16. The Labute approximate surface area is 120 Å². The molecule has 0 aromatic heterocycles. The molecule has 0 bridgehead atoms. The maximum absolute atomic E-state index is 12.6. The van der Waals surface area contributed by atoms with Gasteiger partial charge < -0.3 is 15.3 Å². The van der Waals surface area contributed by atoms with Crippen molar-refractivity contribution in [3.8, 4) is 0 Å². The molecule has 0 aromatic rings. The van der Waals surface area contributed by atoms with E-state index in [1.54, 1.807) is 4.90 Å². The van der Waals surface area contributed by atoms with E-state index in [9.17, 15) is 14.7 Å². The number of aliphatic carboxylic acids is 1. The molecular weight excluding hydrogens is 256 g/mol. The molecule has 2 fully saturated rings. The number of likely N-dealkylation sites (tertiary alicyclic amines) is 1. The largest absolute Gasteiger partial charge is 0.481 e. The van der Waals surface area contributed by atoms with Crippen LogP contribution in [-0.4, -0.2) is 47.6 Å². The van der Waals surface area contributed by atoms with Crippen LogP contribution in [0.25, 0.3) is 0 Å². The van der Waals surface area contributed by atoms with Crippen molar-refractivity contribution in [2.75, 3.05) is 19.6 Å². The van der Waals surface area contributed by atoms with Gasteiger partial charge >= 0.3 is 5.97 Å². The molecule has 0 aliphatic carbocycles. The van der Waals surface area contributed by atoms with Gasteiger partial charge in [0.1, 0.15) is 0 Å². The normalized spacial score (nSPS) is 31.6. The molecule has 5 heteroatoms. The van der Waals surface area contributed by atoms with Crippen molar-refractivity contribution < 1.29 is 14.7 Å². The van der Waals surface area contributed by atoms with E-state index in [0.717, 1.165) is 32.2 Å². The number of hydrogen-bond donors (Lipinski definition) is 2. The number of carboxylic acid groups (broad SMARTS) is 1. The predicted octanol–water partition coefficient (Wildman–Crippen LogP) is 1.62. The van der Waals surface area contributed by atoms with Crippen molar-refractivity contribution in [3.05, 3.63) is 0 Å². The average molecular weight is 282 g/mol. The van der Waals surface area contributed by atoms with Gasteiger partial charge in [-0.1, -0.05) is 19.8 Å². The molecule has 2 rings (SSSR count). The number of nitrogens with zero attached hydrogens (tertiary/aromatic N) is 1. The lowest BCUT2D eigenvalue weighted by Gasteiger charge is -2.40. The van der Waals surface area contributed by atoms with Gasteiger partial charge in [0.2, 0.25) is 5.91 Å². The third kappa shape index (κ3) is 3.14. The lowest BCUT2D eigenvalue weighted by molar-refractivity contribution is -0.155. The Morgan fingerprint density at radius 3 is 2.80 bits per heavy atom. The summed E-state index contributed by atoms with van der Waals surface area (Å²) < 4.78 is 0. The lowest BCUT2D eigenvalue weighted by atomic mass is 9.77. The molecule has 2 atom stereocenters. The van der Waals surface area contributed by atoms with Gasteiger partial charge in [0.25, 0.3) is 0 Å². The highest BCUT2D eigenvalue weighted by Gasteiger charge is 2.43. The molecule has 2 aliphatic rings. The minimum absolute atomic E-state index is 0.102. The van der Waals surface area contributed by atoms with Crippen molar-refractivity contribution >= 4 is 11.9 Å². The van der Waals surface area contributed by atoms with E-state index in [1.165, 1.54) is 6.42 Å². The van der Waals surface area contributed by atoms with Crippen LogP contribution in [0, 0.1) is 5.41 Å². The van der Waals surface area contributed by atoms with Gasteiger partial charge in [0.15, 0.2) is 0 Å². The Kier molecular flexibility index (Phi) is 5.02. The van der Waals surface area contributed by atoms with Crippen molar-refractivity contribution in [2.45, 2.75) is 57.9 Å². The second kappa shape index (κ2) is 6.57. The van der Waals surface area contributed by atoms with E-state index in [1.807, 2.05) is 6.92 Å². The Morgan fingerprint density at radius 2 is 2.10 bits per heavy atom. The van der Waals surface area contributed by atoms with Crippen LogP contribution in [0.5, 0.6) is 0 Å². The molecule has 0 aromatic carbocycles. The molecule has 20 heavy (non-hydrogen) atoms. The summed E-state index contributed by atoms with van der Waals surface area (Å²) in [6.07, 6.45) is 6.31. The molecule has 2 heterocycles. The fourth-order valence-corrected chi connectivity index (χ4v) is 3.39. The molecule has 114 valence electrons. The monoisotopic (exact) mass is 282 g/mol. The Bertz CT molecular complexity index is 364. The topological polar surface area (TPSA) is 69.6 Å². The molecule has 2 N–H and O–H groups in total. The van der Waals surface area contributed by atoms with E-state index in [2.05, 4.69) is 5.32 Å². The SMILES string of the molecule is CCC1(C(=O)O)CCCN(C(=O)C2CCCCCN2)C1. The van der Waals surface area contributed by atoms with Crippen LogP contribution in [-0.2, 0) is 9.59 Å². The smallest absolute Gasteiger partial charge is 0.311 e. The van der Waals surface area contributed by atoms with Gasteiger partial charge in [0, 0.05) is 13.1 Å². The number of carboxylic acids is 1. The van der Waals surface area contributed by atoms with Crippen molar-refractivity contribution in [1.82, 2.24) is 10.2 Å². The number of nitrogens with one attached hydrogen (secondary N) is 1. The Balaban J connectivity index is 2.04. The van der Waals surface area contributed by atoms with Crippen molar-refractivity contribution in [1.29, 1.82) is 0 Å². The summed E-state index contributed by atoms with van der Waals surface area (Å²) in [6.45, 7) is 3.87. The molecule has 1 amide bonds. The van der Waals surface area contributed by atoms with Crippen LogP contribution >= 0.6 is 0 Å². The molecule has 0 spiro atoms. The van der Waals surface area contributed by atoms with Gasteiger partial charge in [-0.2, -0.15) is 0 Å². The maximum atomic E-state index is 12.6. The first-order valence-electron chi connectivity index (χ1n) is 7.84. The first-order chi connectivity index (χ1) is 9.59. The number of piperidine rings is 1.